The van der Waals surface area contributed by atoms with Crippen LogP contribution in [0.2, 0.25) is 0 Å². The van der Waals surface area contributed by atoms with Crippen molar-refractivity contribution < 1.29 is 0 Å². The molecule has 1 aliphatic carbocycles. The van der Waals surface area contributed by atoms with Crippen molar-refractivity contribution in [2.45, 2.75) is 19.3 Å². The van der Waals surface area contributed by atoms with E-state index in [4.69, 9.17) is 0 Å². The van der Waals surface area contributed by atoms with Gasteiger partial charge in [-0.1, -0.05) is 0 Å². The van der Waals surface area contributed by atoms with Crippen LogP contribution in [-0.4, -0.2) is 8.75 Å². The van der Waals surface area contributed by atoms with Crippen LogP contribution in [0.5, 0.6) is 0 Å². The van der Waals surface area contributed by atoms with Gasteiger partial charge in [-0.3, -0.25) is 0 Å². The van der Waals surface area contributed by atoms with Crippen LogP contribution < -0.4 is 0 Å². The first-order chi connectivity index (χ1) is 3.97. The van der Waals surface area contributed by atoms with Crippen LogP contribution in [0.3, 0.4) is 0 Å². The SMILES string of the molecule is C1Cc2nsnc2C1. The van der Waals surface area contributed by atoms with Crippen molar-refractivity contribution >= 4 is 11.7 Å². The fourth-order valence-corrected chi connectivity index (χ4v) is 1.66. The Labute approximate surface area is 51.9 Å². The van der Waals surface area contributed by atoms with E-state index in [0.29, 0.717) is 0 Å². The summed E-state index contributed by atoms with van der Waals surface area (Å²) in [6.07, 6.45) is 3.58. The van der Waals surface area contributed by atoms with Crippen molar-refractivity contribution in [3.8, 4) is 0 Å². The van der Waals surface area contributed by atoms with Gasteiger partial charge in [-0.25, -0.2) is 0 Å². The number of fused-ring (bicyclic) bond motifs is 1. The molecule has 1 aromatic rings. The van der Waals surface area contributed by atoms with Gasteiger partial charge in [-0.05, 0) is 19.3 Å². The van der Waals surface area contributed by atoms with Crippen LogP contribution >= 0.6 is 11.7 Å². The summed E-state index contributed by atoms with van der Waals surface area (Å²) >= 11 is 1.34. The number of hydrogen-bond donors (Lipinski definition) is 0. The van der Waals surface area contributed by atoms with E-state index in [2.05, 4.69) is 8.75 Å². The van der Waals surface area contributed by atoms with Crippen LogP contribution in [0.4, 0.5) is 0 Å². The van der Waals surface area contributed by atoms with Crippen molar-refractivity contribution in [1.82, 2.24) is 8.75 Å². The van der Waals surface area contributed by atoms with Crippen LogP contribution in [0.25, 0.3) is 0 Å². The monoisotopic (exact) mass is 126 g/mol. The maximum Gasteiger partial charge on any atom is 0.0775 e. The van der Waals surface area contributed by atoms with Crippen LogP contribution in [0, 0.1) is 0 Å². The smallest absolute Gasteiger partial charge is 0.0775 e. The summed E-state index contributed by atoms with van der Waals surface area (Å²) in [5.41, 5.74) is 2.49. The Kier molecular flexibility index (Phi) is 0.842. The summed E-state index contributed by atoms with van der Waals surface area (Å²) in [6, 6.07) is 0. The molecule has 0 atom stereocenters. The van der Waals surface area contributed by atoms with Crippen molar-refractivity contribution in [3.05, 3.63) is 11.4 Å². The van der Waals surface area contributed by atoms with Gasteiger partial charge in [0.2, 0.25) is 0 Å². The molecule has 0 saturated carbocycles. The van der Waals surface area contributed by atoms with Gasteiger partial charge in [-0.15, -0.1) is 0 Å². The molecule has 42 valence electrons. The zero-order valence-electron chi connectivity index (χ0n) is 4.42. The maximum atomic E-state index is 4.13. The summed E-state index contributed by atoms with van der Waals surface area (Å²) < 4.78 is 8.25. The van der Waals surface area contributed by atoms with E-state index in [1.807, 2.05) is 0 Å². The highest BCUT2D eigenvalue weighted by Crippen LogP contribution is 2.17. The molecule has 1 aromatic heterocycles. The fraction of sp³-hybridized carbons (Fsp3) is 0.600. The molecular weight excluding hydrogens is 120 g/mol. The Morgan fingerprint density at radius 1 is 1.12 bits per heavy atom. The zero-order valence-corrected chi connectivity index (χ0v) is 5.24. The predicted octanol–water partition coefficient (Wildman–Crippen LogP) is 1.03. The third-order valence-corrected chi connectivity index (χ3v) is 2.07. The van der Waals surface area contributed by atoms with Crippen LogP contribution in [0.1, 0.15) is 17.8 Å². The second-order valence-corrected chi connectivity index (χ2v) is 2.54. The topological polar surface area (TPSA) is 25.8 Å². The average molecular weight is 126 g/mol. The lowest BCUT2D eigenvalue weighted by atomic mass is 10.4. The van der Waals surface area contributed by atoms with E-state index in [-0.39, 0.29) is 0 Å². The standard InChI is InChI=1S/C5H6N2S/c1-2-4-5(3-1)7-8-6-4/h1-3H2. The summed E-state index contributed by atoms with van der Waals surface area (Å²) in [4.78, 5) is 0. The lowest BCUT2D eigenvalue weighted by Gasteiger charge is -1.74. The minimum Gasteiger partial charge on any atom is -0.178 e. The molecule has 0 fully saturated rings. The van der Waals surface area contributed by atoms with E-state index in [0.717, 1.165) is 12.8 Å². The molecule has 0 aromatic carbocycles. The van der Waals surface area contributed by atoms with E-state index in [1.54, 1.807) is 0 Å². The highest BCUT2D eigenvalue weighted by Gasteiger charge is 2.13. The van der Waals surface area contributed by atoms with Gasteiger partial charge in [-0.2, -0.15) is 8.75 Å². The van der Waals surface area contributed by atoms with Gasteiger partial charge in [0.05, 0.1) is 23.1 Å². The average Bonchev–Trinajstić information content (AvgIpc) is 2.15. The minimum absolute atomic E-state index is 1.16. The largest absolute Gasteiger partial charge is 0.178 e. The van der Waals surface area contributed by atoms with E-state index in [1.165, 1.54) is 29.5 Å². The van der Waals surface area contributed by atoms with Gasteiger partial charge < -0.3 is 0 Å². The molecule has 0 spiro atoms. The predicted molar refractivity (Wildman–Crippen MR) is 31.9 cm³/mol. The number of aryl methyl sites for hydroxylation is 2. The first-order valence-corrected chi connectivity index (χ1v) is 3.50. The van der Waals surface area contributed by atoms with Crippen LogP contribution in [-0.2, 0) is 12.8 Å². The molecule has 3 heteroatoms. The van der Waals surface area contributed by atoms with Crippen molar-refractivity contribution in [2.24, 2.45) is 0 Å². The molecule has 8 heavy (non-hydrogen) atoms. The molecule has 1 aliphatic rings. The summed E-state index contributed by atoms with van der Waals surface area (Å²) in [5.74, 6) is 0. The number of nitrogens with zero attached hydrogens (tertiary/aromatic N) is 2. The number of hydrogen-bond acceptors (Lipinski definition) is 3. The van der Waals surface area contributed by atoms with Gasteiger partial charge in [0, 0.05) is 0 Å². The molecule has 0 bridgehead atoms. The van der Waals surface area contributed by atoms with Crippen molar-refractivity contribution in [3.63, 3.8) is 0 Å². The fourth-order valence-electron chi connectivity index (χ4n) is 1.03. The molecule has 1 heterocycles. The maximum absolute atomic E-state index is 4.13. The summed E-state index contributed by atoms with van der Waals surface area (Å²) in [5, 5.41) is 0. The Balaban J connectivity index is 2.54. The van der Waals surface area contributed by atoms with E-state index >= 15 is 0 Å². The lowest BCUT2D eigenvalue weighted by molar-refractivity contribution is 0.892. The molecule has 0 unspecified atom stereocenters. The molecule has 0 saturated heterocycles. The molecule has 2 rings (SSSR count). The molecule has 0 aliphatic heterocycles. The molecule has 0 amide bonds. The molecule has 0 radical (unpaired) electrons. The van der Waals surface area contributed by atoms with Crippen LogP contribution in [0.15, 0.2) is 0 Å². The number of aromatic nitrogens is 2. The van der Waals surface area contributed by atoms with Crippen molar-refractivity contribution in [2.75, 3.05) is 0 Å². The highest BCUT2D eigenvalue weighted by atomic mass is 32.1. The third-order valence-electron chi connectivity index (χ3n) is 1.46. The first kappa shape index (κ1) is 4.44. The van der Waals surface area contributed by atoms with E-state index in [9.17, 15) is 0 Å². The molecule has 0 N–H and O–H groups in total. The Bertz CT molecular complexity index is 176. The van der Waals surface area contributed by atoms with Gasteiger partial charge in [0.25, 0.3) is 0 Å². The quantitative estimate of drug-likeness (QED) is 0.518. The first-order valence-electron chi connectivity index (χ1n) is 2.77. The minimum atomic E-state index is 1.16. The lowest BCUT2D eigenvalue weighted by Crippen LogP contribution is -1.74. The van der Waals surface area contributed by atoms with Crippen molar-refractivity contribution in [1.29, 1.82) is 0 Å². The highest BCUT2D eigenvalue weighted by molar-refractivity contribution is 6.99. The normalized spacial score (nSPS) is 16.5. The second-order valence-electron chi connectivity index (χ2n) is 2.01. The Morgan fingerprint density at radius 2 is 1.75 bits per heavy atom. The summed E-state index contributed by atoms with van der Waals surface area (Å²) in [7, 11) is 0. The Hall–Kier alpha value is -0.440. The summed E-state index contributed by atoms with van der Waals surface area (Å²) in [6.45, 7) is 0. The zero-order chi connectivity index (χ0) is 5.40. The number of rotatable bonds is 0. The molecule has 2 nitrogen and oxygen atoms in total. The van der Waals surface area contributed by atoms with Gasteiger partial charge in [0.1, 0.15) is 0 Å². The second kappa shape index (κ2) is 1.52. The van der Waals surface area contributed by atoms with Gasteiger partial charge in [0.15, 0.2) is 0 Å². The van der Waals surface area contributed by atoms with Gasteiger partial charge >= 0.3 is 0 Å². The third kappa shape index (κ3) is 0.478. The van der Waals surface area contributed by atoms with E-state index < -0.39 is 0 Å². The Morgan fingerprint density at radius 3 is 2.38 bits per heavy atom. The molecular formula is C5H6N2S.